The van der Waals surface area contributed by atoms with E-state index >= 15 is 0 Å². The number of amides is 1. The standard InChI is InChI=1S/C19H18FN3O3S/c20-13-1-4-15(5-2-13)26-12-18(24)21-14-3-6-16-17(11-14)27-19(22-16)23-7-9-25-10-8-23/h1-6,11H,7-10,12H2,(H,21,24). The smallest absolute Gasteiger partial charge is 0.262 e. The number of nitrogens with zero attached hydrogens (tertiary/aromatic N) is 2. The SMILES string of the molecule is O=C(COc1ccc(F)cc1)Nc1ccc2nc(N3CCOCC3)sc2c1. The number of fused-ring (bicyclic) bond motifs is 1. The van der Waals surface area contributed by atoms with E-state index in [1.165, 1.54) is 24.3 Å². The van der Waals surface area contributed by atoms with Crippen LogP contribution in [-0.2, 0) is 9.53 Å². The van der Waals surface area contributed by atoms with E-state index in [0.717, 1.165) is 28.4 Å². The fourth-order valence-corrected chi connectivity index (χ4v) is 3.81. The Balaban J connectivity index is 1.39. The molecule has 0 bridgehead atoms. The van der Waals surface area contributed by atoms with Crippen molar-refractivity contribution in [2.75, 3.05) is 43.1 Å². The first-order valence-electron chi connectivity index (χ1n) is 8.59. The molecule has 140 valence electrons. The number of carbonyl (C=O) groups excluding carboxylic acids is 1. The molecule has 0 atom stereocenters. The lowest BCUT2D eigenvalue weighted by molar-refractivity contribution is -0.118. The van der Waals surface area contributed by atoms with Crippen LogP contribution in [0.3, 0.4) is 0 Å². The molecule has 1 aliphatic rings. The average molecular weight is 387 g/mol. The molecule has 1 aromatic heterocycles. The van der Waals surface area contributed by atoms with Gasteiger partial charge in [0.2, 0.25) is 0 Å². The summed E-state index contributed by atoms with van der Waals surface area (Å²) < 4.78 is 24.6. The van der Waals surface area contributed by atoms with E-state index < -0.39 is 0 Å². The number of aromatic nitrogens is 1. The van der Waals surface area contributed by atoms with Crippen LogP contribution >= 0.6 is 11.3 Å². The summed E-state index contributed by atoms with van der Waals surface area (Å²) in [6.45, 7) is 2.95. The second kappa shape index (κ2) is 7.89. The highest BCUT2D eigenvalue weighted by molar-refractivity contribution is 7.22. The van der Waals surface area contributed by atoms with Crippen molar-refractivity contribution >= 4 is 38.3 Å². The van der Waals surface area contributed by atoms with Crippen molar-refractivity contribution in [3.05, 3.63) is 48.3 Å². The predicted molar refractivity (Wildman–Crippen MR) is 103 cm³/mol. The van der Waals surface area contributed by atoms with Crippen LogP contribution in [0.15, 0.2) is 42.5 Å². The van der Waals surface area contributed by atoms with Gasteiger partial charge in [0.05, 0.1) is 23.4 Å². The lowest BCUT2D eigenvalue weighted by Crippen LogP contribution is -2.36. The minimum atomic E-state index is -0.346. The summed E-state index contributed by atoms with van der Waals surface area (Å²) in [5.41, 5.74) is 1.59. The van der Waals surface area contributed by atoms with Crippen molar-refractivity contribution < 1.29 is 18.7 Å². The number of hydrogen-bond donors (Lipinski definition) is 1. The monoisotopic (exact) mass is 387 g/mol. The zero-order valence-corrected chi connectivity index (χ0v) is 15.3. The third kappa shape index (κ3) is 4.35. The van der Waals surface area contributed by atoms with Gasteiger partial charge in [0.15, 0.2) is 11.7 Å². The lowest BCUT2D eigenvalue weighted by Gasteiger charge is -2.25. The van der Waals surface area contributed by atoms with Gasteiger partial charge in [-0.3, -0.25) is 4.79 Å². The molecule has 8 heteroatoms. The van der Waals surface area contributed by atoms with E-state index in [2.05, 4.69) is 15.2 Å². The Bertz CT molecular complexity index is 939. The second-order valence-corrected chi connectivity index (χ2v) is 7.08. The Morgan fingerprint density at radius 1 is 1.22 bits per heavy atom. The number of hydrogen-bond acceptors (Lipinski definition) is 6. The third-order valence-electron chi connectivity index (χ3n) is 4.13. The van der Waals surface area contributed by atoms with Crippen molar-refractivity contribution in [1.29, 1.82) is 0 Å². The van der Waals surface area contributed by atoms with Crippen molar-refractivity contribution in [3.63, 3.8) is 0 Å². The molecule has 27 heavy (non-hydrogen) atoms. The van der Waals surface area contributed by atoms with Crippen LogP contribution in [0.25, 0.3) is 10.2 Å². The van der Waals surface area contributed by atoms with E-state index in [9.17, 15) is 9.18 Å². The normalized spacial score (nSPS) is 14.3. The average Bonchev–Trinajstić information content (AvgIpc) is 3.12. The number of rotatable bonds is 5. The minimum absolute atomic E-state index is 0.147. The maximum absolute atomic E-state index is 12.9. The third-order valence-corrected chi connectivity index (χ3v) is 5.21. The van der Waals surface area contributed by atoms with Crippen LogP contribution in [0.5, 0.6) is 5.75 Å². The topological polar surface area (TPSA) is 63.7 Å². The van der Waals surface area contributed by atoms with Crippen molar-refractivity contribution in [3.8, 4) is 5.75 Å². The summed E-state index contributed by atoms with van der Waals surface area (Å²) in [6, 6.07) is 11.2. The highest BCUT2D eigenvalue weighted by Gasteiger charge is 2.15. The number of halogens is 1. The quantitative estimate of drug-likeness (QED) is 0.728. The van der Waals surface area contributed by atoms with Gasteiger partial charge in [-0.25, -0.2) is 9.37 Å². The first-order valence-corrected chi connectivity index (χ1v) is 9.40. The molecule has 1 saturated heterocycles. The first kappa shape index (κ1) is 17.7. The molecule has 0 saturated carbocycles. The van der Waals surface area contributed by atoms with Gasteiger partial charge in [-0.05, 0) is 42.5 Å². The zero-order valence-electron chi connectivity index (χ0n) is 14.5. The Morgan fingerprint density at radius 3 is 2.78 bits per heavy atom. The number of nitrogens with one attached hydrogen (secondary N) is 1. The molecule has 6 nitrogen and oxygen atoms in total. The predicted octanol–water partition coefficient (Wildman–Crippen LogP) is 3.29. The van der Waals surface area contributed by atoms with Crippen molar-refractivity contribution in [2.24, 2.45) is 0 Å². The molecule has 1 N–H and O–H groups in total. The van der Waals surface area contributed by atoms with Crippen LogP contribution in [-0.4, -0.2) is 43.8 Å². The maximum atomic E-state index is 12.9. The molecule has 3 aromatic rings. The molecular weight excluding hydrogens is 369 g/mol. The van der Waals surface area contributed by atoms with Crippen molar-refractivity contribution in [2.45, 2.75) is 0 Å². The van der Waals surface area contributed by atoms with Gasteiger partial charge >= 0.3 is 0 Å². The molecule has 0 unspecified atom stereocenters. The van der Waals surface area contributed by atoms with E-state index in [0.29, 0.717) is 24.7 Å². The fraction of sp³-hybridized carbons (Fsp3) is 0.263. The Labute approximate surface area is 159 Å². The summed E-state index contributed by atoms with van der Waals surface area (Å²) in [5, 5.41) is 3.78. The largest absolute Gasteiger partial charge is 0.484 e. The second-order valence-electron chi connectivity index (χ2n) is 6.07. The summed E-state index contributed by atoms with van der Waals surface area (Å²) in [7, 11) is 0. The number of thiazole rings is 1. The minimum Gasteiger partial charge on any atom is -0.484 e. The maximum Gasteiger partial charge on any atom is 0.262 e. The molecule has 1 amide bonds. The van der Waals surface area contributed by atoms with Crippen molar-refractivity contribution in [1.82, 2.24) is 4.98 Å². The van der Waals surface area contributed by atoms with Gasteiger partial charge in [0, 0.05) is 18.8 Å². The van der Waals surface area contributed by atoms with Gasteiger partial charge in [-0.2, -0.15) is 0 Å². The van der Waals surface area contributed by atoms with Crippen LogP contribution in [0.2, 0.25) is 0 Å². The number of morpholine rings is 1. The van der Waals surface area contributed by atoms with Gasteiger partial charge < -0.3 is 19.7 Å². The summed E-state index contributed by atoms with van der Waals surface area (Å²) in [4.78, 5) is 19.0. The van der Waals surface area contributed by atoms with Crippen LogP contribution in [0.1, 0.15) is 0 Å². The summed E-state index contributed by atoms with van der Waals surface area (Å²) >= 11 is 1.60. The van der Waals surface area contributed by atoms with Crippen LogP contribution < -0.4 is 15.0 Å². The zero-order chi connectivity index (χ0) is 18.6. The Morgan fingerprint density at radius 2 is 2.00 bits per heavy atom. The molecule has 0 radical (unpaired) electrons. The molecule has 1 aliphatic heterocycles. The molecule has 1 fully saturated rings. The molecule has 2 heterocycles. The van der Waals surface area contributed by atoms with E-state index in [1.807, 2.05) is 18.2 Å². The van der Waals surface area contributed by atoms with Crippen LogP contribution in [0.4, 0.5) is 15.2 Å². The number of anilines is 2. The molecule has 4 rings (SSSR count). The number of benzene rings is 2. The highest BCUT2D eigenvalue weighted by atomic mass is 32.1. The molecule has 2 aromatic carbocycles. The Hall–Kier alpha value is -2.71. The van der Waals surface area contributed by atoms with E-state index in [4.69, 9.17) is 9.47 Å². The van der Waals surface area contributed by atoms with E-state index in [-0.39, 0.29) is 18.3 Å². The van der Waals surface area contributed by atoms with Gasteiger partial charge in [0.1, 0.15) is 11.6 Å². The summed E-state index contributed by atoms with van der Waals surface area (Å²) in [5.74, 6) is -0.183. The van der Waals surface area contributed by atoms with Crippen LogP contribution in [0, 0.1) is 5.82 Å². The molecular formula is C19H18FN3O3S. The molecule has 0 aliphatic carbocycles. The number of ether oxygens (including phenoxy) is 2. The lowest BCUT2D eigenvalue weighted by atomic mass is 10.3. The van der Waals surface area contributed by atoms with E-state index in [1.54, 1.807) is 11.3 Å². The number of carbonyl (C=O) groups is 1. The first-order chi connectivity index (χ1) is 13.2. The van der Waals surface area contributed by atoms with Gasteiger partial charge in [0.25, 0.3) is 5.91 Å². The summed E-state index contributed by atoms with van der Waals surface area (Å²) in [6.07, 6.45) is 0. The van der Waals surface area contributed by atoms with Gasteiger partial charge in [-0.15, -0.1) is 0 Å². The highest BCUT2D eigenvalue weighted by Crippen LogP contribution is 2.31. The van der Waals surface area contributed by atoms with Gasteiger partial charge in [-0.1, -0.05) is 11.3 Å². The fourth-order valence-electron chi connectivity index (χ4n) is 2.76. The molecule has 0 spiro atoms. The Kier molecular flexibility index (Phi) is 5.17.